The summed E-state index contributed by atoms with van der Waals surface area (Å²) in [6, 6.07) is 8.71. The molecule has 2 amide bonds. The van der Waals surface area contributed by atoms with Crippen LogP contribution in [-0.2, 0) is 4.79 Å². The van der Waals surface area contributed by atoms with Gasteiger partial charge in [-0.3, -0.25) is 9.59 Å². The molecule has 1 aliphatic rings. The summed E-state index contributed by atoms with van der Waals surface area (Å²) in [6.07, 6.45) is 1.94. The van der Waals surface area contributed by atoms with Crippen LogP contribution in [0.1, 0.15) is 17.0 Å². The number of hydrogen-bond acceptors (Lipinski definition) is 4. The predicted octanol–water partition coefficient (Wildman–Crippen LogP) is 2.97. The van der Waals surface area contributed by atoms with Crippen LogP contribution in [0, 0.1) is 0 Å². The third-order valence-corrected chi connectivity index (χ3v) is 3.92. The van der Waals surface area contributed by atoms with Crippen molar-refractivity contribution in [3.05, 3.63) is 42.4 Å². The lowest BCUT2D eigenvalue weighted by Crippen LogP contribution is -2.12. The third kappa shape index (κ3) is 2.70. The van der Waals surface area contributed by atoms with Crippen molar-refractivity contribution < 1.29 is 14.0 Å². The molecule has 2 aromatic rings. The lowest BCUT2D eigenvalue weighted by Gasteiger charge is -2.09. The maximum atomic E-state index is 11.9. The monoisotopic (exact) mass is 288 g/mol. The Morgan fingerprint density at radius 1 is 1.35 bits per heavy atom. The standard InChI is InChI=1S/C14H12N2O3S/c17-13-5-7-20-12-4-3-9(8-10(12)16-13)15-14(18)11-2-1-6-19-11/h1-4,6,8H,5,7H2,(H,15,18)(H,16,17). The van der Waals surface area contributed by atoms with Crippen LogP contribution in [0.3, 0.4) is 0 Å². The fourth-order valence-electron chi connectivity index (χ4n) is 1.90. The Balaban J connectivity index is 1.81. The number of benzene rings is 1. The van der Waals surface area contributed by atoms with Gasteiger partial charge in [0.15, 0.2) is 5.76 Å². The fourth-order valence-corrected chi connectivity index (χ4v) is 2.84. The van der Waals surface area contributed by atoms with Crippen LogP contribution >= 0.6 is 11.8 Å². The van der Waals surface area contributed by atoms with E-state index in [1.807, 2.05) is 12.1 Å². The van der Waals surface area contributed by atoms with Gasteiger partial charge in [0.05, 0.1) is 12.0 Å². The number of carbonyl (C=O) groups excluding carboxylic acids is 2. The number of anilines is 2. The highest BCUT2D eigenvalue weighted by Crippen LogP contribution is 2.32. The van der Waals surface area contributed by atoms with Gasteiger partial charge in [-0.1, -0.05) is 0 Å². The first-order valence-corrected chi connectivity index (χ1v) is 7.12. The van der Waals surface area contributed by atoms with Crippen LogP contribution in [0.2, 0.25) is 0 Å². The van der Waals surface area contributed by atoms with E-state index in [4.69, 9.17) is 4.42 Å². The number of furan rings is 1. The van der Waals surface area contributed by atoms with Gasteiger partial charge in [0.25, 0.3) is 5.91 Å². The number of nitrogens with one attached hydrogen (secondary N) is 2. The van der Waals surface area contributed by atoms with Crippen molar-refractivity contribution in [2.75, 3.05) is 16.4 Å². The number of hydrogen-bond donors (Lipinski definition) is 2. The molecule has 0 bridgehead atoms. The number of amides is 2. The largest absolute Gasteiger partial charge is 0.459 e. The smallest absolute Gasteiger partial charge is 0.291 e. The van der Waals surface area contributed by atoms with Crippen molar-refractivity contribution in [1.29, 1.82) is 0 Å². The lowest BCUT2D eigenvalue weighted by molar-refractivity contribution is -0.115. The van der Waals surface area contributed by atoms with Gasteiger partial charge in [0, 0.05) is 22.8 Å². The molecule has 0 saturated carbocycles. The molecule has 5 nitrogen and oxygen atoms in total. The molecule has 0 atom stereocenters. The molecule has 1 aromatic carbocycles. The summed E-state index contributed by atoms with van der Waals surface area (Å²) in [5.41, 5.74) is 1.35. The second kappa shape index (κ2) is 5.42. The summed E-state index contributed by atoms with van der Waals surface area (Å²) < 4.78 is 5.03. The zero-order chi connectivity index (χ0) is 13.9. The molecule has 3 rings (SSSR count). The normalized spacial score (nSPS) is 14.1. The summed E-state index contributed by atoms with van der Waals surface area (Å²) in [5.74, 6) is 0.684. The van der Waals surface area contributed by atoms with Gasteiger partial charge in [-0.15, -0.1) is 11.8 Å². The molecule has 0 saturated heterocycles. The second-order valence-corrected chi connectivity index (χ2v) is 5.43. The van der Waals surface area contributed by atoms with Crippen molar-refractivity contribution in [2.24, 2.45) is 0 Å². The van der Waals surface area contributed by atoms with Crippen LogP contribution in [0.5, 0.6) is 0 Å². The van der Waals surface area contributed by atoms with Crippen molar-refractivity contribution >= 4 is 35.0 Å². The predicted molar refractivity (Wildman–Crippen MR) is 77.1 cm³/mol. The topological polar surface area (TPSA) is 71.3 Å². The van der Waals surface area contributed by atoms with Crippen molar-refractivity contribution in [2.45, 2.75) is 11.3 Å². The fraction of sp³-hybridized carbons (Fsp3) is 0.143. The Kier molecular flexibility index (Phi) is 3.47. The van der Waals surface area contributed by atoms with Crippen molar-refractivity contribution in [3.63, 3.8) is 0 Å². The molecule has 2 N–H and O–H groups in total. The molecule has 0 radical (unpaired) electrons. The van der Waals surface area contributed by atoms with Crippen LogP contribution < -0.4 is 10.6 Å². The minimum absolute atomic E-state index is 0.00855. The summed E-state index contributed by atoms with van der Waals surface area (Å²) in [5, 5.41) is 5.57. The number of fused-ring (bicyclic) bond motifs is 1. The molecule has 0 aliphatic carbocycles. The van der Waals surface area contributed by atoms with Crippen LogP contribution in [-0.4, -0.2) is 17.6 Å². The SMILES string of the molecule is O=C1CCSc2ccc(NC(=O)c3ccco3)cc2N1. The van der Waals surface area contributed by atoms with Gasteiger partial charge >= 0.3 is 0 Å². The molecule has 6 heteroatoms. The molecule has 0 fully saturated rings. The van der Waals surface area contributed by atoms with E-state index in [1.54, 1.807) is 30.0 Å². The Labute approximate surface area is 119 Å². The van der Waals surface area contributed by atoms with Gasteiger partial charge in [-0.25, -0.2) is 0 Å². The highest BCUT2D eigenvalue weighted by atomic mass is 32.2. The quantitative estimate of drug-likeness (QED) is 0.891. The Bertz CT molecular complexity index is 652. The van der Waals surface area contributed by atoms with Crippen LogP contribution in [0.15, 0.2) is 45.9 Å². The molecular formula is C14H12N2O3S. The van der Waals surface area contributed by atoms with E-state index in [-0.39, 0.29) is 17.6 Å². The van der Waals surface area contributed by atoms with E-state index < -0.39 is 0 Å². The third-order valence-electron chi connectivity index (χ3n) is 2.84. The van der Waals surface area contributed by atoms with Crippen molar-refractivity contribution in [3.8, 4) is 0 Å². The Morgan fingerprint density at radius 2 is 2.25 bits per heavy atom. The van der Waals surface area contributed by atoms with Gasteiger partial charge in [-0.05, 0) is 30.3 Å². The number of carbonyl (C=O) groups is 2. The summed E-state index contributed by atoms with van der Waals surface area (Å²) >= 11 is 1.62. The van der Waals surface area contributed by atoms with Gasteiger partial charge in [0.2, 0.25) is 5.91 Å². The molecule has 0 unspecified atom stereocenters. The number of thioether (sulfide) groups is 1. The minimum atomic E-state index is -0.317. The summed E-state index contributed by atoms with van der Waals surface area (Å²) in [6.45, 7) is 0. The maximum Gasteiger partial charge on any atom is 0.291 e. The summed E-state index contributed by atoms with van der Waals surface area (Å²) in [7, 11) is 0. The zero-order valence-electron chi connectivity index (χ0n) is 10.5. The molecule has 20 heavy (non-hydrogen) atoms. The maximum absolute atomic E-state index is 11.9. The van der Waals surface area contributed by atoms with E-state index in [2.05, 4.69) is 10.6 Å². The van der Waals surface area contributed by atoms with E-state index in [9.17, 15) is 9.59 Å². The van der Waals surface area contributed by atoms with Gasteiger partial charge in [0.1, 0.15) is 0 Å². The van der Waals surface area contributed by atoms with Crippen molar-refractivity contribution in [1.82, 2.24) is 0 Å². The molecule has 1 aromatic heterocycles. The highest BCUT2D eigenvalue weighted by molar-refractivity contribution is 7.99. The first-order chi connectivity index (χ1) is 9.72. The minimum Gasteiger partial charge on any atom is -0.459 e. The number of rotatable bonds is 2. The summed E-state index contributed by atoms with van der Waals surface area (Å²) in [4.78, 5) is 24.4. The van der Waals surface area contributed by atoms with Crippen LogP contribution in [0.25, 0.3) is 0 Å². The van der Waals surface area contributed by atoms with E-state index >= 15 is 0 Å². The molecule has 102 valence electrons. The zero-order valence-corrected chi connectivity index (χ0v) is 11.3. The van der Waals surface area contributed by atoms with E-state index in [0.29, 0.717) is 12.1 Å². The molecule has 0 spiro atoms. The molecule has 1 aliphatic heterocycles. The first-order valence-electron chi connectivity index (χ1n) is 6.14. The lowest BCUT2D eigenvalue weighted by atomic mass is 10.2. The Morgan fingerprint density at radius 3 is 3.05 bits per heavy atom. The first kappa shape index (κ1) is 12.8. The van der Waals surface area contributed by atoms with Crippen LogP contribution in [0.4, 0.5) is 11.4 Å². The second-order valence-electron chi connectivity index (χ2n) is 4.29. The van der Waals surface area contributed by atoms with E-state index in [1.165, 1.54) is 6.26 Å². The molecular weight excluding hydrogens is 276 g/mol. The average molecular weight is 288 g/mol. The van der Waals surface area contributed by atoms with E-state index in [0.717, 1.165) is 16.3 Å². The van der Waals surface area contributed by atoms with Gasteiger partial charge < -0.3 is 15.1 Å². The average Bonchev–Trinajstić information content (AvgIpc) is 2.89. The molecule has 2 heterocycles. The highest BCUT2D eigenvalue weighted by Gasteiger charge is 2.15. The van der Waals surface area contributed by atoms with Gasteiger partial charge in [-0.2, -0.15) is 0 Å². The Hall–Kier alpha value is -2.21.